The largest absolute Gasteiger partial charge is 0.494 e. The Hall–Kier alpha value is -0.820. The first-order valence-corrected chi connectivity index (χ1v) is 9.04. The Morgan fingerprint density at radius 2 is 2.05 bits per heavy atom. The molecule has 2 aliphatic rings. The average molecular weight is 347 g/mol. The maximum absolute atomic E-state index is 13.0. The lowest BCUT2D eigenvalue weighted by molar-refractivity contribution is 0.325. The van der Waals surface area contributed by atoms with Crippen molar-refractivity contribution in [3.8, 4) is 5.75 Å². The van der Waals surface area contributed by atoms with Gasteiger partial charge in [0.25, 0.3) is 0 Å². The molecule has 0 bridgehead atoms. The maximum atomic E-state index is 13.0. The number of nitrogens with one attached hydrogen (secondary N) is 1. The van der Waals surface area contributed by atoms with Crippen LogP contribution in [0.3, 0.4) is 0 Å². The van der Waals surface area contributed by atoms with Gasteiger partial charge in [-0.2, -0.15) is 4.31 Å². The zero-order chi connectivity index (χ0) is 14.9. The number of sulfonamides is 1. The number of nitrogens with zero attached hydrogens (tertiary/aromatic N) is 1. The zero-order valence-electron chi connectivity index (χ0n) is 12.7. The van der Waals surface area contributed by atoms with Gasteiger partial charge in [0.1, 0.15) is 5.75 Å². The van der Waals surface area contributed by atoms with Gasteiger partial charge in [0.15, 0.2) is 0 Å². The highest BCUT2D eigenvalue weighted by Gasteiger charge is 2.43. The van der Waals surface area contributed by atoms with E-state index in [1.165, 1.54) is 0 Å². The van der Waals surface area contributed by atoms with Crippen molar-refractivity contribution in [1.29, 1.82) is 0 Å². The number of rotatable bonds is 6. The Labute approximate surface area is 138 Å². The second-order valence-electron chi connectivity index (χ2n) is 5.62. The van der Waals surface area contributed by atoms with Gasteiger partial charge >= 0.3 is 0 Å². The van der Waals surface area contributed by atoms with Gasteiger partial charge < -0.3 is 10.1 Å². The van der Waals surface area contributed by atoms with Crippen molar-refractivity contribution in [3.63, 3.8) is 0 Å². The molecule has 1 unspecified atom stereocenters. The highest BCUT2D eigenvalue weighted by atomic mass is 35.5. The van der Waals surface area contributed by atoms with Crippen LogP contribution in [0.5, 0.6) is 5.75 Å². The van der Waals surface area contributed by atoms with Crippen molar-refractivity contribution < 1.29 is 13.2 Å². The van der Waals surface area contributed by atoms with E-state index in [9.17, 15) is 8.42 Å². The Bertz CT molecular complexity index is 599. The third-order valence-corrected chi connectivity index (χ3v) is 5.99. The van der Waals surface area contributed by atoms with Crippen LogP contribution >= 0.6 is 12.4 Å². The monoisotopic (exact) mass is 346 g/mol. The van der Waals surface area contributed by atoms with Crippen LogP contribution in [0.25, 0.3) is 0 Å². The topological polar surface area (TPSA) is 58.6 Å². The van der Waals surface area contributed by atoms with E-state index in [1.54, 1.807) is 28.6 Å². The molecule has 1 aromatic carbocycles. The summed E-state index contributed by atoms with van der Waals surface area (Å²) in [7, 11) is -3.45. The molecule has 1 atom stereocenters. The van der Waals surface area contributed by atoms with E-state index in [0.717, 1.165) is 32.4 Å². The molecule has 1 heterocycles. The van der Waals surface area contributed by atoms with Gasteiger partial charge in [0, 0.05) is 24.7 Å². The van der Waals surface area contributed by atoms with E-state index in [-0.39, 0.29) is 24.5 Å². The second-order valence-corrected chi connectivity index (χ2v) is 7.46. The molecule has 5 nitrogen and oxygen atoms in total. The SMILES string of the molecule is CCOc1cccc(S(=O)(=O)N(C2CC2)C2CCNC2)c1.Cl. The Balaban J connectivity index is 0.00000176. The number of ether oxygens (including phenoxy) is 1. The summed E-state index contributed by atoms with van der Waals surface area (Å²) < 4.78 is 33.2. The van der Waals surface area contributed by atoms with E-state index in [0.29, 0.717) is 17.3 Å². The first kappa shape index (κ1) is 17.5. The lowest BCUT2D eigenvalue weighted by atomic mass is 10.2. The van der Waals surface area contributed by atoms with Crippen molar-refractivity contribution in [2.45, 2.75) is 43.2 Å². The fourth-order valence-electron chi connectivity index (χ4n) is 2.89. The van der Waals surface area contributed by atoms with E-state index in [4.69, 9.17) is 4.74 Å². The van der Waals surface area contributed by atoms with Crippen molar-refractivity contribution in [2.24, 2.45) is 0 Å². The lowest BCUT2D eigenvalue weighted by Crippen LogP contribution is -2.43. The third kappa shape index (κ3) is 3.56. The van der Waals surface area contributed by atoms with Crippen molar-refractivity contribution >= 4 is 22.4 Å². The minimum Gasteiger partial charge on any atom is -0.494 e. The lowest BCUT2D eigenvalue weighted by Gasteiger charge is -2.27. The van der Waals surface area contributed by atoms with Gasteiger partial charge in [0.2, 0.25) is 10.0 Å². The summed E-state index contributed by atoms with van der Waals surface area (Å²) in [6.07, 6.45) is 2.84. The number of hydrogen-bond donors (Lipinski definition) is 1. The molecule has 3 rings (SSSR count). The minimum absolute atomic E-state index is 0. The van der Waals surface area contributed by atoms with Crippen LogP contribution in [-0.2, 0) is 10.0 Å². The third-order valence-electron chi connectivity index (χ3n) is 3.99. The van der Waals surface area contributed by atoms with Crippen LogP contribution in [0.2, 0.25) is 0 Å². The summed E-state index contributed by atoms with van der Waals surface area (Å²) in [4.78, 5) is 0.340. The molecule has 1 aliphatic carbocycles. The van der Waals surface area contributed by atoms with E-state index in [1.807, 2.05) is 6.92 Å². The molecule has 7 heteroatoms. The Morgan fingerprint density at radius 3 is 2.64 bits per heavy atom. The van der Waals surface area contributed by atoms with Crippen molar-refractivity contribution in [1.82, 2.24) is 9.62 Å². The van der Waals surface area contributed by atoms with Crippen LogP contribution in [0.15, 0.2) is 29.2 Å². The normalized spacial score (nSPS) is 21.6. The Kier molecular flexibility index (Phi) is 5.71. The fraction of sp³-hybridized carbons (Fsp3) is 0.600. The molecule has 0 amide bonds. The number of benzene rings is 1. The van der Waals surface area contributed by atoms with E-state index >= 15 is 0 Å². The molecule has 22 heavy (non-hydrogen) atoms. The van der Waals surface area contributed by atoms with E-state index < -0.39 is 10.0 Å². The fourth-order valence-corrected chi connectivity index (χ4v) is 4.82. The quantitative estimate of drug-likeness (QED) is 0.856. The molecular weight excluding hydrogens is 324 g/mol. The van der Waals surface area contributed by atoms with Gasteiger partial charge in [-0.05, 0) is 44.9 Å². The number of hydrogen-bond acceptors (Lipinski definition) is 4. The summed E-state index contributed by atoms with van der Waals surface area (Å²) in [5.74, 6) is 0.610. The minimum atomic E-state index is -3.45. The molecular formula is C15H23ClN2O3S. The highest BCUT2D eigenvalue weighted by Crippen LogP contribution is 2.35. The summed E-state index contributed by atoms with van der Waals surface area (Å²) in [5, 5.41) is 3.26. The molecule has 1 saturated carbocycles. The van der Waals surface area contributed by atoms with Gasteiger partial charge in [-0.3, -0.25) is 0 Å². The average Bonchev–Trinajstić information content (AvgIpc) is 3.14. The molecule has 0 radical (unpaired) electrons. The first-order chi connectivity index (χ1) is 10.1. The molecule has 0 spiro atoms. The van der Waals surface area contributed by atoms with E-state index in [2.05, 4.69) is 5.32 Å². The standard InChI is InChI=1S/C15H22N2O3S.ClH/c1-2-20-14-4-3-5-15(10-14)21(18,19)17(12-6-7-12)13-8-9-16-11-13;/h3-5,10,12-13,16H,2,6-9,11H2,1H3;1H. The van der Waals surface area contributed by atoms with Crippen LogP contribution in [0, 0.1) is 0 Å². The second kappa shape index (κ2) is 7.17. The van der Waals surface area contributed by atoms with Crippen LogP contribution in [0.1, 0.15) is 26.2 Å². The smallest absolute Gasteiger partial charge is 0.243 e. The predicted octanol–water partition coefficient (Wildman–Crippen LogP) is 2.02. The zero-order valence-corrected chi connectivity index (χ0v) is 14.3. The summed E-state index contributed by atoms with van der Waals surface area (Å²) in [6.45, 7) is 4.06. The molecule has 1 N–H and O–H groups in total. The highest BCUT2D eigenvalue weighted by molar-refractivity contribution is 7.89. The molecule has 2 fully saturated rings. The Morgan fingerprint density at radius 1 is 1.27 bits per heavy atom. The summed E-state index contributed by atoms with van der Waals surface area (Å²) in [5.41, 5.74) is 0. The predicted molar refractivity (Wildman–Crippen MR) is 88.2 cm³/mol. The molecule has 1 saturated heterocycles. The number of halogens is 1. The summed E-state index contributed by atoms with van der Waals surface area (Å²) in [6, 6.07) is 7.09. The molecule has 1 aromatic rings. The van der Waals surface area contributed by atoms with Crippen molar-refractivity contribution in [2.75, 3.05) is 19.7 Å². The van der Waals surface area contributed by atoms with Gasteiger partial charge in [-0.15, -0.1) is 12.4 Å². The van der Waals surface area contributed by atoms with Crippen LogP contribution < -0.4 is 10.1 Å². The maximum Gasteiger partial charge on any atom is 0.243 e. The molecule has 124 valence electrons. The van der Waals surface area contributed by atoms with Crippen LogP contribution in [0.4, 0.5) is 0 Å². The first-order valence-electron chi connectivity index (χ1n) is 7.60. The summed E-state index contributed by atoms with van der Waals surface area (Å²) >= 11 is 0. The molecule has 1 aliphatic heterocycles. The van der Waals surface area contributed by atoms with Gasteiger partial charge in [-0.25, -0.2) is 8.42 Å². The van der Waals surface area contributed by atoms with Crippen molar-refractivity contribution in [3.05, 3.63) is 24.3 Å². The van der Waals surface area contributed by atoms with Gasteiger partial charge in [-0.1, -0.05) is 6.07 Å². The van der Waals surface area contributed by atoms with Crippen LogP contribution in [-0.4, -0.2) is 44.5 Å². The van der Waals surface area contributed by atoms with Gasteiger partial charge in [0.05, 0.1) is 11.5 Å². The molecule has 0 aromatic heterocycles.